The van der Waals surface area contributed by atoms with Crippen LogP contribution in [0.4, 0.5) is 8.78 Å². The van der Waals surface area contributed by atoms with Gasteiger partial charge in [-0.3, -0.25) is 4.79 Å². The second-order valence-electron chi connectivity index (χ2n) is 3.68. The van der Waals surface area contributed by atoms with Gasteiger partial charge in [0.15, 0.2) is 0 Å². The number of amides is 1. The third-order valence-corrected chi connectivity index (χ3v) is 2.02. The van der Waals surface area contributed by atoms with E-state index in [1.807, 2.05) is 19.0 Å². The van der Waals surface area contributed by atoms with Crippen LogP contribution in [0.15, 0.2) is 18.2 Å². The van der Waals surface area contributed by atoms with Crippen LogP contribution in [0.5, 0.6) is 0 Å². The summed E-state index contributed by atoms with van der Waals surface area (Å²) >= 11 is 0. The number of carbonyl (C=O) groups is 1. The summed E-state index contributed by atoms with van der Waals surface area (Å²) in [6.45, 7) is 1.03. The highest BCUT2D eigenvalue weighted by Gasteiger charge is 2.11. The summed E-state index contributed by atoms with van der Waals surface area (Å²) in [6, 6.07) is 2.81. The van der Waals surface area contributed by atoms with Crippen molar-refractivity contribution in [3.63, 3.8) is 0 Å². The number of hydrogen-bond donors (Lipinski definition) is 1. The molecule has 0 radical (unpaired) electrons. The van der Waals surface area contributed by atoms with Crippen molar-refractivity contribution >= 4 is 5.91 Å². The van der Waals surface area contributed by atoms with Crippen LogP contribution in [-0.4, -0.2) is 38.0 Å². The molecular formula is C11H14F2N2O. The summed E-state index contributed by atoms with van der Waals surface area (Å²) in [6.07, 6.45) is 0. The Labute approximate surface area is 93.1 Å². The van der Waals surface area contributed by atoms with Crippen LogP contribution in [0.25, 0.3) is 0 Å². The fourth-order valence-electron chi connectivity index (χ4n) is 1.16. The maximum absolute atomic E-state index is 13.2. The molecule has 1 aromatic rings. The highest BCUT2D eigenvalue weighted by molar-refractivity contribution is 5.94. The summed E-state index contributed by atoms with van der Waals surface area (Å²) in [5.74, 6) is -1.94. The normalized spacial score (nSPS) is 10.6. The molecule has 1 N–H and O–H groups in total. The van der Waals surface area contributed by atoms with E-state index in [2.05, 4.69) is 5.32 Å². The summed E-state index contributed by atoms with van der Waals surface area (Å²) in [7, 11) is 3.71. The van der Waals surface area contributed by atoms with Gasteiger partial charge in [0.05, 0.1) is 5.56 Å². The number of hydrogen-bond acceptors (Lipinski definition) is 2. The van der Waals surface area contributed by atoms with Crippen LogP contribution in [0, 0.1) is 11.6 Å². The second kappa shape index (κ2) is 5.55. The van der Waals surface area contributed by atoms with Crippen molar-refractivity contribution in [2.45, 2.75) is 0 Å². The molecular weight excluding hydrogens is 214 g/mol. The van der Waals surface area contributed by atoms with Crippen molar-refractivity contribution in [2.24, 2.45) is 0 Å². The van der Waals surface area contributed by atoms with E-state index in [-0.39, 0.29) is 5.56 Å². The Morgan fingerprint density at radius 2 is 2.06 bits per heavy atom. The molecule has 1 rings (SSSR count). The molecule has 0 aliphatic carbocycles. The Balaban J connectivity index is 2.62. The van der Waals surface area contributed by atoms with Gasteiger partial charge in [0, 0.05) is 13.1 Å². The molecule has 5 heteroatoms. The van der Waals surface area contributed by atoms with Gasteiger partial charge >= 0.3 is 0 Å². The lowest BCUT2D eigenvalue weighted by atomic mass is 10.2. The molecule has 0 fully saturated rings. The number of benzene rings is 1. The molecule has 88 valence electrons. The zero-order valence-electron chi connectivity index (χ0n) is 9.26. The molecule has 0 atom stereocenters. The van der Waals surface area contributed by atoms with Crippen LogP contribution in [-0.2, 0) is 0 Å². The molecule has 0 aromatic heterocycles. The van der Waals surface area contributed by atoms with Gasteiger partial charge in [-0.15, -0.1) is 0 Å². The molecule has 0 heterocycles. The van der Waals surface area contributed by atoms with Gasteiger partial charge < -0.3 is 10.2 Å². The first-order valence-corrected chi connectivity index (χ1v) is 4.88. The van der Waals surface area contributed by atoms with Gasteiger partial charge in [0.25, 0.3) is 5.91 Å². The highest BCUT2D eigenvalue weighted by Crippen LogP contribution is 2.09. The molecule has 0 saturated carbocycles. The summed E-state index contributed by atoms with van der Waals surface area (Å²) in [5.41, 5.74) is -0.265. The molecule has 0 unspecified atom stereocenters. The summed E-state index contributed by atoms with van der Waals surface area (Å²) < 4.78 is 26.0. The lowest BCUT2D eigenvalue weighted by molar-refractivity contribution is 0.0946. The Morgan fingerprint density at radius 3 is 2.69 bits per heavy atom. The van der Waals surface area contributed by atoms with E-state index in [1.54, 1.807) is 0 Å². The van der Waals surface area contributed by atoms with Gasteiger partial charge in [-0.1, -0.05) is 0 Å². The predicted molar refractivity (Wildman–Crippen MR) is 57.2 cm³/mol. The van der Waals surface area contributed by atoms with Crippen LogP contribution in [0.1, 0.15) is 10.4 Å². The zero-order chi connectivity index (χ0) is 12.1. The van der Waals surface area contributed by atoms with Crippen molar-refractivity contribution in [3.05, 3.63) is 35.4 Å². The molecule has 0 spiro atoms. The van der Waals surface area contributed by atoms with Gasteiger partial charge in [-0.05, 0) is 32.3 Å². The monoisotopic (exact) mass is 228 g/mol. The number of carbonyl (C=O) groups excluding carboxylic acids is 1. The molecule has 0 aliphatic heterocycles. The Bertz CT molecular complexity index is 380. The van der Waals surface area contributed by atoms with Crippen LogP contribution in [0.3, 0.4) is 0 Å². The smallest absolute Gasteiger partial charge is 0.254 e. The second-order valence-corrected chi connectivity index (χ2v) is 3.68. The molecule has 1 amide bonds. The summed E-state index contributed by atoms with van der Waals surface area (Å²) in [5, 5.41) is 2.51. The van der Waals surface area contributed by atoms with Gasteiger partial charge in [-0.25, -0.2) is 8.78 Å². The number of nitrogens with zero attached hydrogens (tertiary/aromatic N) is 1. The van der Waals surface area contributed by atoms with Crippen molar-refractivity contribution < 1.29 is 13.6 Å². The molecule has 0 saturated heterocycles. The lowest BCUT2D eigenvalue weighted by Crippen LogP contribution is -2.31. The third-order valence-electron chi connectivity index (χ3n) is 2.02. The van der Waals surface area contributed by atoms with Crippen molar-refractivity contribution in [3.8, 4) is 0 Å². The first-order chi connectivity index (χ1) is 7.50. The fourth-order valence-corrected chi connectivity index (χ4v) is 1.16. The summed E-state index contributed by atoms with van der Waals surface area (Å²) in [4.78, 5) is 13.3. The number of halogens is 2. The van der Waals surface area contributed by atoms with Gasteiger partial charge in [0.1, 0.15) is 11.6 Å². The average molecular weight is 228 g/mol. The van der Waals surface area contributed by atoms with Crippen molar-refractivity contribution in [1.82, 2.24) is 10.2 Å². The predicted octanol–water partition coefficient (Wildman–Crippen LogP) is 1.26. The van der Waals surface area contributed by atoms with Gasteiger partial charge in [-0.2, -0.15) is 0 Å². The van der Waals surface area contributed by atoms with Gasteiger partial charge in [0.2, 0.25) is 0 Å². The number of likely N-dealkylation sites (N-methyl/N-ethyl adjacent to an activating group) is 1. The van der Waals surface area contributed by atoms with Crippen molar-refractivity contribution in [2.75, 3.05) is 27.2 Å². The fraction of sp³-hybridized carbons (Fsp3) is 0.364. The quantitative estimate of drug-likeness (QED) is 0.841. The first kappa shape index (κ1) is 12.6. The van der Waals surface area contributed by atoms with E-state index in [1.165, 1.54) is 0 Å². The standard InChI is InChI=1S/C11H14F2N2O/c1-15(2)6-5-14-11(16)9-7-8(12)3-4-10(9)13/h3-4,7H,5-6H2,1-2H3,(H,14,16). The van der Waals surface area contributed by atoms with Crippen molar-refractivity contribution in [1.29, 1.82) is 0 Å². The largest absolute Gasteiger partial charge is 0.351 e. The zero-order valence-corrected chi connectivity index (χ0v) is 9.26. The Hall–Kier alpha value is -1.49. The molecule has 0 aliphatic rings. The average Bonchev–Trinajstić information content (AvgIpc) is 2.21. The van der Waals surface area contributed by atoms with Crippen LogP contribution in [0.2, 0.25) is 0 Å². The minimum atomic E-state index is -0.719. The first-order valence-electron chi connectivity index (χ1n) is 4.88. The number of nitrogens with one attached hydrogen (secondary N) is 1. The Kier molecular flexibility index (Phi) is 4.37. The maximum Gasteiger partial charge on any atom is 0.254 e. The van der Waals surface area contributed by atoms with E-state index < -0.39 is 17.5 Å². The number of rotatable bonds is 4. The van der Waals surface area contributed by atoms with Crippen LogP contribution >= 0.6 is 0 Å². The molecule has 3 nitrogen and oxygen atoms in total. The Morgan fingerprint density at radius 1 is 1.38 bits per heavy atom. The molecule has 0 bridgehead atoms. The SMILES string of the molecule is CN(C)CCNC(=O)c1cc(F)ccc1F. The topological polar surface area (TPSA) is 32.3 Å². The molecule has 16 heavy (non-hydrogen) atoms. The van der Waals surface area contributed by atoms with Crippen LogP contribution < -0.4 is 5.32 Å². The minimum Gasteiger partial charge on any atom is -0.351 e. The maximum atomic E-state index is 13.2. The lowest BCUT2D eigenvalue weighted by Gasteiger charge is -2.10. The van der Waals surface area contributed by atoms with E-state index >= 15 is 0 Å². The van der Waals surface area contributed by atoms with E-state index in [0.29, 0.717) is 13.1 Å². The van der Waals surface area contributed by atoms with E-state index in [9.17, 15) is 13.6 Å². The third kappa shape index (κ3) is 3.58. The molecule has 1 aromatic carbocycles. The minimum absolute atomic E-state index is 0.265. The van der Waals surface area contributed by atoms with E-state index in [0.717, 1.165) is 18.2 Å². The highest BCUT2D eigenvalue weighted by atomic mass is 19.1. The van der Waals surface area contributed by atoms with E-state index in [4.69, 9.17) is 0 Å².